The van der Waals surface area contributed by atoms with Crippen molar-refractivity contribution in [3.05, 3.63) is 41.4 Å². The molecule has 1 aromatic carbocycles. The Balaban J connectivity index is 1.41. The van der Waals surface area contributed by atoms with E-state index < -0.39 is 29.6 Å². The Morgan fingerprint density at radius 1 is 1.17 bits per heavy atom. The van der Waals surface area contributed by atoms with Gasteiger partial charge in [0.2, 0.25) is 17.7 Å². The third-order valence-corrected chi connectivity index (χ3v) is 8.79. The van der Waals surface area contributed by atoms with Crippen LogP contribution in [0.5, 0.6) is 0 Å². The highest BCUT2D eigenvalue weighted by molar-refractivity contribution is 6.30. The van der Waals surface area contributed by atoms with Crippen LogP contribution in [0.4, 0.5) is 5.69 Å². The maximum absolute atomic E-state index is 13.8. The number of fused-ring (bicyclic) bond motifs is 1. The molecule has 3 heterocycles. The van der Waals surface area contributed by atoms with E-state index in [1.54, 1.807) is 29.2 Å². The summed E-state index contributed by atoms with van der Waals surface area (Å²) in [6, 6.07) is 6.15. The highest BCUT2D eigenvalue weighted by Gasteiger charge is 2.72. The quantitative estimate of drug-likeness (QED) is 0.583. The molecule has 2 bridgehead atoms. The molecule has 35 heavy (non-hydrogen) atoms. The zero-order valence-corrected chi connectivity index (χ0v) is 21.3. The molecule has 0 radical (unpaired) electrons. The number of hydrogen-bond donors (Lipinski definition) is 2. The smallest absolute Gasteiger partial charge is 0.246 e. The van der Waals surface area contributed by atoms with Gasteiger partial charge in [-0.15, -0.1) is 0 Å². The minimum Gasteiger partial charge on any atom is -0.359 e. The number of rotatable bonds is 6. The number of benzene rings is 1. The van der Waals surface area contributed by atoms with Crippen LogP contribution in [0.2, 0.25) is 5.02 Å². The van der Waals surface area contributed by atoms with Crippen molar-refractivity contribution in [1.82, 2.24) is 10.2 Å². The molecule has 3 fully saturated rings. The van der Waals surface area contributed by atoms with Gasteiger partial charge in [-0.05, 0) is 48.9 Å². The van der Waals surface area contributed by atoms with Crippen LogP contribution in [0, 0.1) is 23.7 Å². The number of nitrogens with one attached hydrogen (secondary N) is 2. The number of likely N-dealkylation sites (tertiary alicyclic amines) is 1. The monoisotopic (exact) mass is 499 g/mol. The van der Waals surface area contributed by atoms with E-state index in [4.69, 9.17) is 16.3 Å². The van der Waals surface area contributed by atoms with E-state index in [2.05, 4.69) is 24.5 Å². The maximum Gasteiger partial charge on any atom is 0.246 e. The lowest BCUT2D eigenvalue weighted by Gasteiger charge is -2.38. The van der Waals surface area contributed by atoms with Crippen LogP contribution in [-0.4, -0.2) is 53.0 Å². The predicted octanol–water partition coefficient (Wildman–Crippen LogP) is 3.78. The van der Waals surface area contributed by atoms with E-state index in [0.29, 0.717) is 35.5 Å². The van der Waals surface area contributed by atoms with E-state index in [-0.39, 0.29) is 23.8 Å². The molecule has 1 aromatic rings. The van der Waals surface area contributed by atoms with E-state index >= 15 is 0 Å². The van der Waals surface area contributed by atoms with Crippen LogP contribution in [0.3, 0.4) is 0 Å². The molecule has 5 rings (SSSR count). The van der Waals surface area contributed by atoms with Gasteiger partial charge in [0.1, 0.15) is 11.6 Å². The van der Waals surface area contributed by atoms with Gasteiger partial charge < -0.3 is 20.3 Å². The minimum atomic E-state index is -1.12. The lowest BCUT2D eigenvalue weighted by molar-refractivity contribution is -0.141. The predicted molar refractivity (Wildman–Crippen MR) is 134 cm³/mol. The maximum atomic E-state index is 13.8. The number of carbonyl (C=O) groups excluding carboxylic acids is 3. The van der Waals surface area contributed by atoms with Gasteiger partial charge in [0.25, 0.3) is 0 Å². The zero-order valence-electron chi connectivity index (χ0n) is 20.5. The fourth-order valence-corrected chi connectivity index (χ4v) is 6.68. The van der Waals surface area contributed by atoms with Crippen molar-refractivity contribution in [1.29, 1.82) is 0 Å². The van der Waals surface area contributed by atoms with Crippen molar-refractivity contribution in [2.75, 3.05) is 11.9 Å². The van der Waals surface area contributed by atoms with Crippen molar-refractivity contribution in [3.8, 4) is 0 Å². The molecule has 2 N–H and O–H groups in total. The molecule has 7 nitrogen and oxygen atoms in total. The molecule has 0 aromatic heterocycles. The summed E-state index contributed by atoms with van der Waals surface area (Å²) < 4.78 is 6.38. The molecule has 188 valence electrons. The molecule has 3 amide bonds. The first-order valence-corrected chi connectivity index (χ1v) is 13.2. The van der Waals surface area contributed by atoms with Crippen LogP contribution in [-0.2, 0) is 19.1 Å². The summed E-state index contributed by atoms with van der Waals surface area (Å²) in [5.41, 5.74) is -0.516. The Labute approximate surface area is 211 Å². The van der Waals surface area contributed by atoms with Gasteiger partial charge in [-0.3, -0.25) is 14.4 Å². The fourth-order valence-electron chi connectivity index (χ4n) is 6.55. The number of carbonyl (C=O) groups is 3. The molecule has 2 saturated heterocycles. The van der Waals surface area contributed by atoms with Gasteiger partial charge in [-0.25, -0.2) is 0 Å². The highest BCUT2D eigenvalue weighted by atomic mass is 35.5. The Morgan fingerprint density at radius 3 is 2.63 bits per heavy atom. The van der Waals surface area contributed by atoms with Crippen molar-refractivity contribution in [2.24, 2.45) is 23.7 Å². The average Bonchev–Trinajstić information content (AvgIpc) is 3.46. The van der Waals surface area contributed by atoms with Gasteiger partial charge in [-0.1, -0.05) is 57.4 Å². The first-order chi connectivity index (χ1) is 16.8. The Bertz CT molecular complexity index is 1040. The zero-order chi connectivity index (χ0) is 24.9. The molecule has 8 heteroatoms. The second kappa shape index (κ2) is 9.25. The Morgan fingerprint density at radius 2 is 1.91 bits per heavy atom. The van der Waals surface area contributed by atoms with Crippen molar-refractivity contribution < 1.29 is 19.1 Å². The minimum absolute atomic E-state index is 0.0758. The van der Waals surface area contributed by atoms with E-state index in [1.165, 1.54) is 6.42 Å². The number of amides is 3. The molecule has 1 aliphatic carbocycles. The summed E-state index contributed by atoms with van der Waals surface area (Å²) in [5, 5.41) is 6.75. The largest absolute Gasteiger partial charge is 0.359 e. The van der Waals surface area contributed by atoms with E-state index in [0.717, 1.165) is 12.8 Å². The normalized spacial score (nSPS) is 37.4. The first kappa shape index (κ1) is 24.3. The van der Waals surface area contributed by atoms with Crippen LogP contribution in [0.1, 0.15) is 46.5 Å². The molecule has 1 saturated carbocycles. The van der Waals surface area contributed by atoms with Crippen LogP contribution >= 0.6 is 11.6 Å². The number of anilines is 1. The second-order valence-corrected chi connectivity index (χ2v) is 11.0. The van der Waals surface area contributed by atoms with Crippen molar-refractivity contribution in [2.45, 2.75) is 70.2 Å². The topological polar surface area (TPSA) is 87.7 Å². The summed E-state index contributed by atoms with van der Waals surface area (Å²) in [6.45, 7) is 6.85. The first-order valence-electron chi connectivity index (χ1n) is 12.8. The fraction of sp³-hybridized carbons (Fsp3) is 0.593. The van der Waals surface area contributed by atoms with Gasteiger partial charge in [-0.2, -0.15) is 0 Å². The van der Waals surface area contributed by atoms with Crippen LogP contribution < -0.4 is 10.6 Å². The molecule has 0 unspecified atom stereocenters. The summed E-state index contributed by atoms with van der Waals surface area (Å²) in [5.74, 6) is -1.16. The summed E-state index contributed by atoms with van der Waals surface area (Å²) >= 11 is 5.97. The van der Waals surface area contributed by atoms with Gasteiger partial charge in [0, 0.05) is 23.3 Å². The van der Waals surface area contributed by atoms with E-state index in [1.807, 2.05) is 19.1 Å². The van der Waals surface area contributed by atoms with E-state index in [9.17, 15) is 14.4 Å². The second-order valence-electron chi connectivity index (χ2n) is 10.6. The number of ether oxygens (including phenoxy) is 1. The van der Waals surface area contributed by atoms with Crippen LogP contribution in [0.15, 0.2) is 36.4 Å². The summed E-state index contributed by atoms with van der Waals surface area (Å²) in [4.78, 5) is 42.5. The van der Waals surface area contributed by atoms with Crippen LogP contribution in [0.25, 0.3) is 0 Å². The summed E-state index contributed by atoms with van der Waals surface area (Å²) in [6.07, 6.45) is 7.07. The lowest BCUT2D eigenvalue weighted by Crippen LogP contribution is -2.57. The molecule has 1 spiro atoms. The van der Waals surface area contributed by atoms with Crippen molar-refractivity contribution in [3.63, 3.8) is 0 Å². The number of halogens is 1. The Kier molecular flexibility index (Phi) is 6.43. The SMILES string of the molecule is CCCN1C(=O)[C@@H]2[C@H](C(=O)Nc3ccc(Cl)cc3)[C@@H]3C=C[C@@]2(O3)[C@@H]1C(=O)N[C@@H]1CCC[C@@H](C)[C@H]1C. The third kappa shape index (κ3) is 3.97. The average molecular weight is 500 g/mol. The third-order valence-electron chi connectivity index (χ3n) is 8.54. The molecular formula is C27H34ClN3O4. The standard InChI is InChI=1S/C27H34ClN3O4/c1-4-14-31-23(25(33)30-19-7-5-6-15(2)16(19)3)27-13-12-20(35-27)21(22(27)26(31)34)24(32)29-18-10-8-17(28)9-11-18/h8-13,15-16,19-23H,4-7,14H2,1-3H3,(H,29,32)(H,30,33)/t15-,16-,19-,20+,21-,22+,23+,27+/m1/s1. The van der Waals surface area contributed by atoms with Gasteiger partial charge in [0.05, 0.1) is 17.9 Å². The highest BCUT2D eigenvalue weighted by Crippen LogP contribution is 2.55. The van der Waals surface area contributed by atoms with Gasteiger partial charge in [0.15, 0.2) is 0 Å². The molecule has 8 atom stereocenters. The van der Waals surface area contributed by atoms with Gasteiger partial charge >= 0.3 is 0 Å². The Hall–Kier alpha value is -2.38. The number of nitrogens with zero attached hydrogens (tertiary/aromatic N) is 1. The molecular weight excluding hydrogens is 466 g/mol. The lowest BCUT2D eigenvalue weighted by atomic mass is 9.73. The molecule has 4 aliphatic rings. The van der Waals surface area contributed by atoms with Crippen molar-refractivity contribution >= 4 is 35.0 Å². The number of hydrogen-bond acceptors (Lipinski definition) is 4. The summed E-state index contributed by atoms with van der Waals surface area (Å²) in [7, 11) is 0. The molecule has 3 aliphatic heterocycles.